The van der Waals surface area contributed by atoms with Gasteiger partial charge in [0.25, 0.3) is 0 Å². The molecule has 0 radical (unpaired) electrons. The van der Waals surface area contributed by atoms with Crippen LogP contribution in [0.1, 0.15) is 37.7 Å². The van der Waals surface area contributed by atoms with Gasteiger partial charge in [0.2, 0.25) is 10.0 Å². The molecule has 1 saturated heterocycles. The first-order valence-electron chi connectivity index (χ1n) is 11.8. The van der Waals surface area contributed by atoms with Gasteiger partial charge in [0.15, 0.2) is 0 Å². The fourth-order valence-corrected chi connectivity index (χ4v) is 6.84. The molecule has 1 aliphatic heterocycles. The highest BCUT2D eigenvalue weighted by atomic mass is 32.2. The van der Waals surface area contributed by atoms with E-state index in [-0.39, 0.29) is 6.54 Å². The van der Waals surface area contributed by atoms with Crippen molar-refractivity contribution in [1.82, 2.24) is 9.21 Å². The van der Waals surface area contributed by atoms with E-state index in [4.69, 9.17) is 4.74 Å². The SMILES string of the molecule is CO[C@@](CCN1CCC2CCCC2C1)(CN(C)S(=O)(=O)c1ccccc1)c1ccccc1. The molecule has 0 N–H and O–H groups in total. The van der Waals surface area contributed by atoms with Crippen molar-refractivity contribution < 1.29 is 13.2 Å². The quantitative estimate of drug-likeness (QED) is 0.563. The lowest BCUT2D eigenvalue weighted by atomic mass is 9.86. The topological polar surface area (TPSA) is 49.9 Å². The zero-order valence-corrected chi connectivity index (χ0v) is 20.1. The average molecular weight is 457 g/mol. The van der Waals surface area contributed by atoms with Crippen molar-refractivity contribution in [3.8, 4) is 0 Å². The molecule has 1 aliphatic carbocycles. The van der Waals surface area contributed by atoms with Crippen LogP contribution in [0.15, 0.2) is 65.6 Å². The number of nitrogens with zero attached hydrogens (tertiary/aromatic N) is 2. The molecule has 2 aromatic carbocycles. The van der Waals surface area contributed by atoms with E-state index in [0.717, 1.165) is 43.5 Å². The van der Waals surface area contributed by atoms with E-state index in [2.05, 4.69) is 17.0 Å². The molecule has 0 aromatic heterocycles. The van der Waals surface area contributed by atoms with Gasteiger partial charge in [-0.1, -0.05) is 61.4 Å². The van der Waals surface area contributed by atoms with Crippen LogP contribution in [-0.4, -0.2) is 58.0 Å². The maximum absolute atomic E-state index is 13.2. The maximum atomic E-state index is 13.2. The van der Waals surface area contributed by atoms with Crippen LogP contribution in [-0.2, 0) is 20.4 Å². The number of sulfonamides is 1. The molecule has 0 bridgehead atoms. The molecular weight excluding hydrogens is 420 g/mol. The Kier molecular flexibility index (Phi) is 7.35. The van der Waals surface area contributed by atoms with Crippen molar-refractivity contribution in [3.63, 3.8) is 0 Å². The van der Waals surface area contributed by atoms with E-state index >= 15 is 0 Å². The van der Waals surface area contributed by atoms with Gasteiger partial charge in [0, 0.05) is 33.8 Å². The second kappa shape index (κ2) is 10.0. The summed E-state index contributed by atoms with van der Waals surface area (Å²) in [5.74, 6) is 1.74. The zero-order chi connectivity index (χ0) is 22.6. The Morgan fingerprint density at radius 1 is 1.00 bits per heavy atom. The normalized spacial score (nSPS) is 23.7. The summed E-state index contributed by atoms with van der Waals surface area (Å²) >= 11 is 0. The lowest BCUT2D eigenvalue weighted by Crippen LogP contribution is -2.46. The molecule has 2 aliphatic rings. The molecule has 3 atom stereocenters. The first-order chi connectivity index (χ1) is 15.4. The van der Waals surface area contributed by atoms with Crippen LogP contribution in [0.2, 0.25) is 0 Å². The van der Waals surface area contributed by atoms with Crippen LogP contribution in [0.5, 0.6) is 0 Å². The fraction of sp³-hybridized carbons (Fsp3) is 0.538. The highest BCUT2D eigenvalue weighted by Crippen LogP contribution is 2.39. The highest BCUT2D eigenvalue weighted by Gasteiger charge is 2.39. The summed E-state index contributed by atoms with van der Waals surface area (Å²) in [7, 11) is -0.242. The molecule has 32 heavy (non-hydrogen) atoms. The maximum Gasteiger partial charge on any atom is 0.242 e. The second-order valence-electron chi connectivity index (χ2n) is 9.43. The number of ether oxygens (including phenoxy) is 1. The molecule has 174 valence electrons. The monoisotopic (exact) mass is 456 g/mol. The third-order valence-electron chi connectivity index (χ3n) is 7.58. The first-order valence-corrected chi connectivity index (χ1v) is 13.2. The lowest BCUT2D eigenvalue weighted by Gasteiger charge is -2.40. The largest absolute Gasteiger partial charge is 0.372 e. The highest BCUT2D eigenvalue weighted by molar-refractivity contribution is 7.89. The molecule has 4 rings (SSSR count). The number of hydrogen-bond acceptors (Lipinski definition) is 4. The third-order valence-corrected chi connectivity index (χ3v) is 9.39. The molecule has 5 nitrogen and oxygen atoms in total. The van der Waals surface area contributed by atoms with Crippen LogP contribution in [0, 0.1) is 11.8 Å². The number of likely N-dealkylation sites (tertiary alicyclic amines) is 1. The van der Waals surface area contributed by atoms with Gasteiger partial charge < -0.3 is 9.64 Å². The van der Waals surface area contributed by atoms with E-state index in [0.29, 0.717) is 4.90 Å². The first kappa shape index (κ1) is 23.4. The predicted molar refractivity (Wildman–Crippen MR) is 128 cm³/mol. The number of benzene rings is 2. The van der Waals surface area contributed by atoms with E-state index in [9.17, 15) is 8.42 Å². The molecule has 2 unspecified atom stereocenters. The van der Waals surface area contributed by atoms with Gasteiger partial charge in [-0.25, -0.2) is 8.42 Å². The average Bonchev–Trinajstić information content (AvgIpc) is 3.31. The predicted octanol–water partition coefficient (Wildman–Crippen LogP) is 4.36. The van der Waals surface area contributed by atoms with Gasteiger partial charge in [0.1, 0.15) is 5.60 Å². The smallest absolute Gasteiger partial charge is 0.242 e. The lowest BCUT2D eigenvalue weighted by molar-refractivity contribution is -0.0411. The molecule has 6 heteroatoms. The summed E-state index contributed by atoms with van der Waals surface area (Å²) in [6.45, 7) is 3.47. The van der Waals surface area contributed by atoms with Gasteiger partial charge in [-0.15, -0.1) is 0 Å². The minimum atomic E-state index is -3.61. The number of piperidine rings is 1. The third kappa shape index (κ3) is 4.93. The van der Waals surface area contributed by atoms with Crippen LogP contribution in [0.4, 0.5) is 0 Å². The van der Waals surface area contributed by atoms with Crippen LogP contribution in [0.25, 0.3) is 0 Å². The Morgan fingerprint density at radius 2 is 1.66 bits per heavy atom. The zero-order valence-electron chi connectivity index (χ0n) is 19.3. The minimum absolute atomic E-state index is 0.268. The van der Waals surface area contributed by atoms with Gasteiger partial charge in [0.05, 0.1) is 4.90 Å². The number of rotatable bonds is 9. The standard InChI is InChI=1S/C26H36N2O3S/c1-27(32(29,30)25-14-7-4-8-15-25)21-26(31-2,24-12-5-3-6-13-24)17-19-28-18-16-22-10-9-11-23(22)20-28/h3-8,12-15,22-23H,9-11,16-21H2,1-2H3/t22?,23?,26-/m0/s1. The molecule has 2 aromatic rings. The van der Waals surface area contributed by atoms with E-state index in [1.807, 2.05) is 24.3 Å². The van der Waals surface area contributed by atoms with Crippen LogP contribution < -0.4 is 0 Å². The van der Waals surface area contributed by atoms with Crippen LogP contribution in [0.3, 0.4) is 0 Å². The second-order valence-corrected chi connectivity index (χ2v) is 11.5. The van der Waals surface area contributed by atoms with Gasteiger partial charge in [-0.2, -0.15) is 4.31 Å². The van der Waals surface area contributed by atoms with Crippen molar-refractivity contribution in [2.24, 2.45) is 11.8 Å². The summed E-state index contributed by atoms with van der Waals surface area (Å²) < 4.78 is 34.1. The number of methoxy groups -OCH3 is 1. The molecule has 0 spiro atoms. The van der Waals surface area contributed by atoms with Crippen molar-refractivity contribution in [3.05, 3.63) is 66.2 Å². The van der Waals surface area contributed by atoms with Crippen molar-refractivity contribution in [2.75, 3.05) is 40.3 Å². The number of fused-ring (bicyclic) bond motifs is 1. The minimum Gasteiger partial charge on any atom is -0.372 e. The summed E-state index contributed by atoms with van der Waals surface area (Å²) in [6.07, 6.45) is 6.16. The van der Waals surface area contributed by atoms with Gasteiger partial charge in [-0.3, -0.25) is 0 Å². The van der Waals surface area contributed by atoms with Crippen molar-refractivity contribution >= 4 is 10.0 Å². The van der Waals surface area contributed by atoms with Crippen molar-refractivity contribution in [1.29, 1.82) is 0 Å². The number of hydrogen-bond donors (Lipinski definition) is 0. The summed E-state index contributed by atoms with van der Waals surface area (Å²) in [6, 6.07) is 18.7. The summed E-state index contributed by atoms with van der Waals surface area (Å²) in [4.78, 5) is 2.87. The molecule has 1 saturated carbocycles. The summed E-state index contributed by atoms with van der Waals surface area (Å²) in [5.41, 5.74) is 0.318. The van der Waals surface area contributed by atoms with Crippen molar-refractivity contribution in [2.45, 2.75) is 42.6 Å². The Bertz CT molecular complexity index is 967. The molecular formula is C26H36N2O3S. The van der Waals surface area contributed by atoms with Gasteiger partial charge in [-0.05, 0) is 55.3 Å². The molecule has 0 amide bonds. The van der Waals surface area contributed by atoms with E-state index in [1.165, 1.54) is 30.0 Å². The Morgan fingerprint density at radius 3 is 2.34 bits per heavy atom. The van der Waals surface area contributed by atoms with Gasteiger partial charge >= 0.3 is 0 Å². The van der Waals surface area contributed by atoms with E-state index in [1.54, 1.807) is 38.4 Å². The Balaban J connectivity index is 1.54. The number of likely N-dealkylation sites (N-methyl/N-ethyl adjacent to an activating group) is 1. The van der Waals surface area contributed by atoms with E-state index < -0.39 is 15.6 Å². The molecule has 2 fully saturated rings. The fourth-order valence-electron chi connectivity index (χ4n) is 5.61. The summed E-state index contributed by atoms with van der Waals surface area (Å²) in [5, 5.41) is 0. The Labute approximate surface area is 193 Å². The van der Waals surface area contributed by atoms with Crippen LogP contribution >= 0.6 is 0 Å². The molecule has 1 heterocycles. The Hall–Kier alpha value is -1.73.